The first-order chi connectivity index (χ1) is 9.52. The second-order valence-corrected chi connectivity index (χ2v) is 6.27. The lowest BCUT2D eigenvalue weighted by Crippen LogP contribution is -2.46. The van der Waals surface area contributed by atoms with Crippen LogP contribution >= 0.6 is 0 Å². The third-order valence-electron chi connectivity index (χ3n) is 4.64. The monoisotopic (exact) mass is 283 g/mol. The summed E-state index contributed by atoms with van der Waals surface area (Å²) in [6.07, 6.45) is 4.30. The van der Waals surface area contributed by atoms with Crippen LogP contribution in [0.4, 0.5) is 4.79 Å². The van der Waals surface area contributed by atoms with E-state index >= 15 is 0 Å². The molecule has 114 valence electrons. The topological polar surface area (TPSA) is 81.7 Å². The van der Waals surface area contributed by atoms with Gasteiger partial charge in [0.2, 0.25) is 0 Å². The molecule has 1 saturated heterocycles. The minimum atomic E-state index is -0.785. The highest BCUT2D eigenvalue weighted by molar-refractivity contribution is 5.78. The molecule has 1 unspecified atom stereocenters. The van der Waals surface area contributed by atoms with E-state index in [-0.39, 0.29) is 12.6 Å². The summed E-state index contributed by atoms with van der Waals surface area (Å²) in [5, 5.41) is 14.9. The average molecular weight is 283 g/mol. The van der Waals surface area contributed by atoms with Gasteiger partial charge in [0.15, 0.2) is 0 Å². The highest BCUT2D eigenvalue weighted by atomic mass is 16.4. The molecule has 0 bridgehead atoms. The summed E-state index contributed by atoms with van der Waals surface area (Å²) >= 11 is 0. The van der Waals surface area contributed by atoms with Gasteiger partial charge in [-0.05, 0) is 38.8 Å². The highest BCUT2D eigenvalue weighted by Gasteiger charge is 2.41. The lowest BCUT2D eigenvalue weighted by Gasteiger charge is -2.24. The molecule has 2 amide bonds. The number of carboxylic acid groups (broad SMARTS) is 1. The van der Waals surface area contributed by atoms with E-state index in [0.29, 0.717) is 25.3 Å². The van der Waals surface area contributed by atoms with Crippen LogP contribution in [0.15, 0.2) is 0 Å². The van der Waals surface area contributed by atoms with Gasteiger partial charge in [0.05, 0.1) is 5.41 Å². The van der Waals surface area contributed by atoms with Crippen LogP contribution in [0.5, 0.6) is 0 Å². The van der Waals surface area contributed by atoms with Gasteiger partial charge in [0.1, 0.15) is 0 Å². The minimum Gasteiger partial charge on any atom is -0.481 e. The number of carboxylic acids is 1. The highest BCUT2D eigenvalue weighted by Crippen LogP contribution is 2.37. The quantitative estimate of drug-likeness (QED) is 0.699. The molecule has 6 heteroatoms. The molecular weight excluding hydrogens is 258 g/mol. The molecule has 0 aromatic heterocycles. The number of carbonyl (C=O) groups is 2. The van der Waals surface area contributed by atoms with Crippen molar-refractivity contribution in [3.05, 3.63) is 0 Å². The van der Waals surface area contributed by atoms with Gasteiger partial charge in [0, 0.05) is 19.6 Å². The molecule has 2 aliphatic rings. The van der Waals surface area contributed by atoms with Crippen molar-refractivity contribution >= 4 is 12.0 Å². The molecule has 1 heterocycles. The number of rotatable bonds is 5. The molecule has 1 atom stereocenters. The maximum absolute atomic E-state index is 11.8. The number of amides is 2. The van der Waals surface area contributed by atoms with E-state index in [2.05, 4.69) is 22.6 Å². The van der Waals surface area contributed by atoms with Crippen molar-refractivity contribution in [1.82, 2.24) is 15.5 Å². The zero-order valence-corrected chi connectivity index (χ0v) is 12.2. The standard InChI is InChI=1S/C14H25N3O3/c1-17-7-4-11(9-17)8-15-13(20)16-10-14(12(18)19)5-2-3-6-14/h11H,2-10H2,1H3,(H,18,19)(H2,15,16,20). The molecule has 0 aromatic rings. The Balaban J connectivity index is 1.70. The number of hydrogen-bond acceptors (Lipinski definition) is 3. The molecule has 6 nitrogen and oxygen atoms in total. The fraction of sp³-hybridized carbons (Fsp3) is 0.857. The molecule has 0 radical (unpaired) electrons. The maximum atomic E-state index is 11.8. The van der Waals surface area contributed by atoms with E-state index in [1.165, 1.54) is 0 Å². The Morgan fingerprint density at radius 3 is 2.55 bits per heavy atom. The Morgan fingerprint density at radius 2 is 2.00 bits per heavy atom. The van der Waals surface area contributed by atoms with Crippen LogP contribution in [-0.4, -0.2) is 55.2 Å². The second-order valence-electron chi connectivity index (χ2n) is 6.27. The Hall–Kier alpha value is -1.30. The van der Waals surface area contributed by atoms with Crippen molar-refractivity contribution in [1.29, 1.82) is 0 Å². The van der Waals surface area contributed by atoms with Crippen LogP contribution in [0.3, 0.4) is 0 Å². The summed E-state index contributed by atoms with van der Waals surface area (Å²) < 4.78 is 0. The van der Waals surface area contributed by atoms with E-state index in [4.69, 9.17) is 0 Å². The van der Waals surface area contributed by atoms with E-state index in [1.54, 1.807) is 0 Å². The van der Waals surface area contributed by atoms with Crippen LogP contribution in [0.1, 0.15) is 32.1 Å². The van der Waals surface area contributed by atoms with Crippen molar-refractivity contribution < 1.29 is 14.7 Å². The van der Waals surface area contributed by atoms with E-state index in [9.17, 15) is 14.7 Å². The summed E-state index contributed by atoms with van der Waals surface area (Å²) in [6.45, 7) is 2.99. The van der Waals surface area contributed by atoms with Crippen LogP contribution < -0.4 is 10.6 Å². The van der Waals surface area contributed by atoms with Crippen LogP contribution in [0, 0.1) is 11.3 Å². The van der Waals surface area contributed by atoms with Gasteiger partial charge >= 0.3 is 12.0 Å². The largest absolute Gasteiger partial charge is 0.481 e. The second kappa shape index (κ2) is 6.43. The number of urea groups is 1. The molecule has 1 aliphatic carbocycles. The van der Waals surface area contributed by atoms with Gasteiger partial charge in [-0.1, -0.05) is 12.8 Å². The number of nitrogens with zero attached hydrogens (tertiary/aromatic N) is 1. The summed E-state index contributed by atoms with van der Waals surface area (Å²) in [6, 6.07) is -0.243. The summed E-state index contributed by atoms with van der Waals surface area (Å²) in [5.74, 6) is -0.279. The Bertz CT molecular complexity index is 367. The minimum absolute atomic E-state index is 0.235. The lowest BCUT2D eigenvalue weighted by molar-refractivity contribution is -0.148. The smallest absolute Gasteiger partial charge is 0.314 e. The van der Waals surface area contributed by atoms with Crippen molar-refractivity contribution in [3.8, 4) is 0 Å². The van der Waals surface area contributed by atoms with Gasteiger partial charge in [0.25, 0.3) is 0 Å². The van der Waals surface area contributed by atoms with E-state index < -0.39 is 11.4 Å². The van der Waals surface area contributed by atoms with Crippen molar-refractivity contribution in [2.75, 3.05) is 33.2 Å². The molecular formula is C14H25N3O3. The first-order valence-corrected chi connectivity index (χ1v) is 7.45. The van der Waals surface area contributed by atoms with Crippen molar-refractivity contribution in [2.24, 2.45) is 11.3 Å². The first-order valence-electron chi connectivity index (χ1n) is 7.45. The zero-order chi connectivity index (χ0) is 14.6. The number of hydrogen-bond donors (Lipinski definition) is 3. The Morgan fingerprint density at radius 1 is 1.30 bits per heavy atom. The molecule has 3 N–H and O–H groups in total. The number of likely N-dealkylation sites (tertiary alicyclic amines) is 1. The predicted molar refractivity (Wildman–Crippen MR) is 75.5 cm³/mol. The van der Waals surface area contributed by atoms with Gasteiger partial charge < -0.3 is 20.6 Å². The third-order valence-corrected chi connectivity index (χ3v) is 4.64. The summed E-state index contributed by atoms with van der Waals surface area (Å²) in [7, 11) is 2.08. The molecule has 0 spiro atoms. The molecule has 1 aliphatic heterocycles. The number of aliphatic carboxylic acids is 1. The molecule has 20 heavy (non-hydrogen) atoms. The third kappa shape index (κ3) is 3.62. The SMILES string of the molecule is CN1CCC(CNC(=O)NCC2(C(=O)O)CCCC2)C1. The summed E-state index contributed by atoms with van der Waals surface area (Å²) in [5.41, 5.74) is -0.745. The Kier molecular flexibility index (Phi) is 4.86. The van der Waals surface area contributed by atoms with Gasteiger partial charge in [-0.2, -0.15) is 0 Å². The lowest BCUT2D eigenvalue weighted by atomic mass is 9.86. The Labute approximate surface area is 119 Å². The summed E-state index contributed by atoms with van der Waals surface area (Å²) in [4.78, 5) is 25.4. The van der Waals surface area contributed by atoms with Gasteiger partial charge in [-0.15, -0.1) is 0 Å². The molecule has 2 fully saturated rings. The average Bonchev–Trinajstić information content (AvgIpc) is 3.03. The molecule has 2 rings (SSSR count). The predicted octanol–water partition coefficient (Wildman–Crippen LogP) is 0.882. The number of carbonyl (C=O) groups excluding carboxylic acids is 1. The first kappa shape index (κ1) is 15.1. The number of nitrogens with one attached hydrogen (secondary N) is 2. The molecule has 0 aromatic carbocycles. The van der Waals surface area contributed by atoms with Crippen molar-refractivity contribution in [2.45, 2.75) is 32.1 Å². The molecule has 1 saturated carbocycles. The van der Waals surface area contributed by atoms with Crippen molar-refractivity contribution in [3.63, 3.8) is 0 Å². The van der Waals surface area contributed by atoms with Gasteiger partial charge in [-0.3, -0.25) is 4.79 Å². The fourth-order valence-corrected chi connectivity index (χ4v) is 3.26. The normalized spacial score (nSPS) is 25.6. The van der Waals surface area contributed by atoms with E-state index in [0.717, 1.165) is 32.4 Å². The van der Waals surface area contributed by atoms with E-state index in [1.807, 2.05) is 0 Å². The van der Waals surface area contributed by atoms with Crippen LogP contribution in [0.2, 0.25) is 0 Å². The fourth-order valence-electron chi connectivity index (χ4n) is 3.26. The van der Waals surface area contributed by atoms with Gasteiger partial charge in [-0.25, -0.2) is 4.79 Å². The van der Waals surface area contributed by atoms with Crippen LogP contribution in [0.25, 0.3) is 0 Å². The van der Waals surface area contributed by atoms with Crippen LogP contribution in [-0.2, 0) is 4.79 Å². The maximum Gasteiger partial charge on any atom is 0.314 e. The zero-order valence-electron chi connectivity index (χ0n) is 12.2.